The van der Waals surface area contributed by atoms with E-state index in [-0.39, 0.29) is 26.1 Å². The highest BCUT2D eigenvalue weighted by atomic mass is 79.9. The first kappa shape index (κ1) is 29.4. The van der Waals surface area contributed by atoms with Gasteiger partial charge in [-0.1, -0.05) is 29.3 Å². The Morgan fingerprint density at radius 2 is 1.72 bits per heavy atom. The van der Waals surface area contributed by atoms with E-state index in [9.17, 15) is 32.9 Å². The normalized spacial score (nSPS) is 14.8. The molecule has 0 unspecified atom stereocenters. The van der Waals surface area contributed by atoms with E-state index < -0.39 is 39.2 Å². The molecule has 0 bridgehead atoms. The van der Waals surface area contributed by atoms with Crippen LogP contribution in [0.15, 0.2) is 62.4 Å². The van der Waals surface area contributed by atoms with Crippen LogP contribution in [0.25, 0.3) is 6.08 Å². The third kappa shape index (κ3) is 6.60. The van der Waals surface area contributed by atoms with Crippen LogP contribution < -0.4 is 4.74 Å². The lowest BCUT2D eigenvalue weighted by atomic mass is 10.1. The number of benzene rings is 3. The first-order valence-corrected chi connectivity index (χ1v) is 13.6. The van der Waals surface area contributed by atoms with Crippen molar-refractivity contribution in [3.8, 4) is 11.5 Å². The van der Waals surface area contributed by atoms with Gasteiger partial charge < -0.3 is 4.74 Å². The van der Waals surface area contributed by atoms with Crippen LogP contribution in [0.4, 0.5) is 23.7 Å². The molecule has 39 heavy (non-hydrogen) atoms. The summed E-state index contributed by atoms with van der Waals surface area (Å²) in [5.41, 5.74) is -1.07. The molecule has 0 spiro atoms. The molecule has 0 N–H and O–H groups in total. The quantitative estimate of drug-likeness (QED) is 0.143. The number of hydrogen-bond acceptors (Lipinski definition) is 6. The van der Waals surface area contributed by atoms with Gasteiger partial charge in [-0.25, -0.2) is 0 Å². The van der Waals surface area contributed by atoms with Gasteiger partial charge in [-0.05, 0) is 97.2 Å². The Labute approximate surface area is 249 Å². The van der Waals surface area contributed by atoms with Crippen molar-refractivity contribution in [2.75, 3.05) is 0 Å². The van der Waals surface area contributed by atoms with Crippen LogP contribution in [0, 0.1) is 10.1 Å². The van der Waals surface area contributed by atoms with Crippen LogP contribution in [-0.2, 0) is 17.5 Å². The number of hydrogen-bond donors (Lipinski definition) is 0. The number of nitro benzene ring substituents is 1. The van der Waals surface area contributed by atoms with E-state index in [4.69, 9.17) is 27.9 Å². The Morgan fingerprint density at radius 3 is 2.31 bits per heavy atom. The van der Waals surface area contributed by atoms with E-state index in [0.29, 0.717) is 33.3 Å². The topological polar surface area (TPSA) is 89.7 Å². The zero-order valence-electron chi connectivity index (χ0n) is 18.9. The number of imide groups is 1. The standard InChI is InChI=1S/C24H11Br2Cl2F3N2O5S/c25-15-5-11(7-20-22(34)32(23(35)39-20)10-12-1-3-14(27)9-17(12)28)6-16(26)21(15)38-19-4-2-13(24(29,30)31)8-18(19)33(36)37/h1-9H,10H2/b20-7-. The molecule has 0 atom stereocenters. The maximum absolute atomic E-state index is 13.0. The first-order valence-electron chi connectivity index (χ1n) is 10.5. The predicted octanol–water partition coefficient (Wildman–Crippen LogP) is 9.47. The summed E-state index contributed by atoms with van der Waals surface area (Å²) in [6.07, 6.45) is -3.30. The molecule has 0 radical (unpaired) electrons. The van der Waals surface area contributed by atoms with Gasteiger partial charge in [0.25, 0.3) is 11.1 Å². The van der Waals surface area contributed by atoms with Crippen LogP contribution in [-0.4, -0.2) is 21.0 Å². The minimum Gasteiger partial charge on any atom is -0.448 e. The highest BCUT2D eigenvalue weighted by Crippen LogP contribution is 2.43. The number of nitrogens with zero attached hydrogens (tertiary/aromatic N) is 2. The molecule has 3 aromatic carbocycles. The average molecular weight is 727 g/mol. The van der Waals surface area contributed by atoms with Crippen molar-refractivity contribution in [3.05, 3.63) is 99.2 Å². The molecule has 15 heteroatoms. The van der Waals surface area contributed by atoms with E-state index in [1.54, 1.807) is 12.1 Å². The third-order valence-corrected chi connectivity index (χ3v) is 7.90. The molecule has 3 aromatic rings. The molecular weight excluding hydrogens is 716 g/mol. The van der Waals surface area contributed by atoms with Gasteiger partial charge in [0.1, 0.15) is 0 Å². The van der Waals surface area contributed by atoms with E-state index in [2.05, 4.69) is 31.9 Å². The largest absolute Gasteiger partial charge is 0.448 e. The molecule has 0 aromatic heterocycles. The molecule has 7 nitrogen and oxygen atoms in total. The molecule has 1 saturated heterocycles. The Bertz CT molecular complexity index is 1550. The summed E-state index contributed by atoms with van der Waals surface area (Å²) in [5, 5.41) is 11.6. The van der Waals surface area contributed by atoms with Gasteiger partial charge in [-0.3, -0.25) is 24.6 Å². The van der Waals surface area contributed by atoms with Crippen molar-refractivity contribution in [3.63, 3.8) is 0 Å². The summed E-state index contributed by atoms with van der Waals surface area (Å²) in [4.78, 5) is 37.0. The molecule has 0 saturated carbocycles. The van der Waals surface area contributed by atoms with Crippen LogP contribution >= 0.6 is 66.8 Å². The summed E-state index contributed by atoms with van der Waals surface area (Å²) in [6, 6.07) is 9.66. The fourth-order valence-corrected chi connectivity index (χ4v) is 6.09. The van der Waals surface area contributed by atoms with Gasteiger partial charge in [-0.2, -0.15) is 13.2 Å². The molecular formula is C24H11Br2Cl2F3N2O5S. The second-order valence-electron chi connectivity index (χ2n) is 7.86. The first-order chi connectivity index (χ1) is 18.2. The number of nitro groups is 1. The monoisotopic (exact) mass is 724 g/mol. The smallest absolute Gasteiger partial charge is 0.416 e. The predicted molar refractivity (Wildman–Crippen MR) is 148 cm³/mol. The van der Waals surface area contributed by atoms with Crippen molar-refractivity contribution in [2.24, 2.45) is 0 Å². The number of amides is 2. The zero-order chi connectivity index (χ0) is 28.6. The molecule has 4 rings (SSSR count). The lowest BCUT2D eigenvalue weighted by Crippen LogP contribution is -2.27. The van der Waals surface area contributed by atoms with E-state index in [1.807, 2.05) is 0 Å². The number of carbonyl (C=O) groups is 2. The van der Waals surface area contributed by atoms with Crippen LogP contribution in [0.2, 0.25) is 10.0 Å². The number of thioether (sulfide) groups is 1. The van der Waals surface area contributed by atoms with Crippen molar-refractivity contribution in [1.29, 1.82) is 0 Å². The molecule has 1 fully saturated rings. The Morgan fingerprint density at radius 1 is 1.05 bits per heavy atom. The molecule has 1 aliphatic heterocycles. The molecule has 0 aliphatic carbocycles. The van der Waals surface area contributed by atoms with Gasteiger partial charge in [0.05, 0.1) is 30.9 Å². The highest BCUT2D eigenvalue weighted by Gasteiger charge is 2.36. The van der Waals surface area contributed by atoms with Crippen molar-refractivity contribution < 1.29 is 32.4 Å². The van der Waals surface area contributed by atoms with Gasteiger partial charge >= 0.3 is 11.9 Å². The third-order valence-electron chi connectivity index (χ3n) is 5.23. The Hall–Kier alpha value is -2.58. The van der Waals surface area contributed by atoms with Crippen LogP contribution in [0.1, 0.15) is 16.7 Å². The van der Waals surface area contributed by atoms with Crippen molar-refractivity contribution in [2.45, 2.75) is 12.7 Å². The van der Waals surface area contributed by atoms with Gasteiger partial charge in [0.15, 0.2) is 5.75 Å². The highest BCUT2D eigenvalue weighted by molar-refractivity contribution is 9.11. The second kappa shape index (κ2) is 11.5. The molecule has 2 amide bonds. The Balaban J connectivity index is 1.59. The fourth-order valence-electron chi connectivity index (χ4n) is 3.40. The lowest BCUT2D eigenvalue weighted by Gasteiger charge is -2.14. The van der Waals surface area contributed by atoms with Gasteiger partial charge in [-0.15, -0.1) is 0 Å². The summed E-state index contributed by atoms with van der Waals surface area (Å²) >= 11 is 19.4. The summed E-state index contributed by atoms with van der Waals surface area (Å²) in [5.74, 6) is -0.909. The zero-order valence-corrected chi connectivity index (χ0v) is 24.4. The van der Waals surface area contributed by atoms with Gasteiger partial charge in [0, 0.05) is 16.1 Å². The maximum atomic E-state index is 13.0. The maximum Gasteiger partial charge on any atom is 0.416 e. The van der Waals surface area contributed by atoms with Gasteiger partial charge in [0.2, 0.25) is 5.75 Å². The number of rotatable bonds is 6. The molecule has 1 aliphatic rings. The van der Waals surface area contributed by atoms with E-state index >= 15 is 0 Å². The van der Waals surface area contributed by atoms with Crippen LogP contribution in [0.5, 0.6) is 11.5 Å². The molecule has 1 heterocycles. The number of alkyl halides is 3. The van der Waals surface area contributed by atoms with E-state index in [1.165, 1.54) is 24.3 Å². The minimum atomic E-state index is -4.77. The summed E-state index contributed by atoms with van der Waals surface area (Å²) in [6.45, 7) is -0.0515. The minimum absolute atomic E-state index is 0.0421. The number of ether oxygens (including phenoxy) is 1. The Kier molecular flexibility index (Phi) is 8.67. The summed E-state index contributed by atoms with van der Waals surface area (Å²) in [7, 11) is 0. The van der Waals surface area contributed by atoms with Crippen molar-refractivity contribution >= 4 is 89.7 Å². The van der Waals surface area contributed by atoms with E-state index in [0.717, 1.165) is 22.7 Å². The SMILES string of the molecule is O=C1S/C(=C\c2cc(Br)c(Oc3ccc(C(F)(F)F)cc3[N+](=O)[O-])c(Br)c2)C(=O)N1Cc1ccc(Cl)cc1Cl. The second-order valence-corrected chi connectivity index (χ2v) is 11.4. The average Bonchev–Trinajstić information content (AvgIpc) is 3.09. The van der Waals surface area contributed by atoms with Crippen LogP contribution in [0.3, 0.4) is 0 Å². The molecule has 202 valence electrons. The summed E-state index contributed by atoms with van der Waals surface area (Å²) < 4.78 is 45.1. The fraction of sp³-hybridized carbons (Fsp3) is 0.0833. The number of halogens is 7. The lowest BCUT2D eigenvalue weighted by molar-refractivity contribution is -0.385. The van der Waals surface area contributed by atoms with Crippen molar-refractivity contribution in [1.82, 2.24) is 4.90 Å². The number of carbonyl (C=O) groups excluding carboxylic acids is 2.